The molecule has 0 radical (unpaired) electrons. The minimum Gasteiger partial charge on any atom is -0.444 e. The molecule has 2 unspecified atom stereocenters. The highest BCUT2D eigenvalue weighted by atomic mass is 16.6. The lowest BCUT2D eigenvalue weighted by atomic mass is 9.74. The number of nitrogens with one attached hydrogen (secondary N) is 1. The van der Waals surface area contributed by atoms with Gasteiger partial charge >= 0.3 is 6.09 Å². The van der Waals surface area contributed by atoms with Crippen LogP contribution in [-0.2, 0) is 9.47 Å². The Kier molecular flexibility index (Phi) is 2.84. The van der Waals surface area contributed by atoms with Gasteiger partial charge in [0.15, 0.2) is 0 Å². The molecule has 0 aromatic heterocycles. The third-order valence-electron chi connectivity index (χ3n) is 3.03. The van der Waals surface area contributed by atoms with E-state index < -0.39 is 17.8 Å². The molecule has 1 saturated carbocycles. The monoisotopic (exact) mass is 229 g/mol. The van der Waals surface area contributed by atoms with E-state index in [2.05, 4.69) is 5.32 Å². The molecular weight excluding hydrogens is 210 g/mol. The van der Waals surface area contributed by atoms with Gasteiger partial charge < -0.3 is 19.9 Å². The standard InChI is InChI=1S/C11H19NO4/c1-11(2,3)16-10(14)12-7-8(13)6-4-5-15-9(6)7/h6-9,13H,4-5H2,1-3H3,(H,12,14)/t6-,7?,8?,9-/m0/s1. The third-order valence-corrected chi connectivity index (χ3v) is 3.03. The van der Waals surface area contributed by atoms with Crippen LogP contribution in [0.5, 0.6) is 0 Å². The van der Waals surface area contributed by atoms with Gasteiger partial charge in [0.25, 0.3) is 0 Å². The lowest BCUT2D eigenvalue weighted by Crippen LogP contribution is -2.65. The Morgan fingerprint density at radius 1 is 1.50 bits per heavy atom. The normalized spacial score (nSPS) is 37.5. The van der Waals surface area contributed by atoms with Crippen LogP contribution in [0, 0.1) is 5.92 Å². The van der Waals surface area contributed by atoms with Gasteiger partial charge in [-0.05, 0) is 27.2 Å². The van der Waals surface area contributed by atoms with Gasteiger partial charge in [-0.1, -0.05) is 0 Å². The molecule has 0 aromatic rings. The molecule has 1 aliphatic heterocycles. The maximum Gasteiger partial charge on any atom is 0.408 e. The van der Waals surface area contributed by atoms with Gasteiger partial charge in [-0.3, -0.25) is 0 Å². The summed E-state index contributed by atoms with van der Waals surface area (Å²) in [6.07, 6.45) is -0.161. The summed E-state index contributed by atoms with van der Waals surface area (Å²) in [5.74, 6) is 0.180. The molecule has 1 aliphatic carbocycles. The topological polar surface area (TPSA) is 67.8 Å². The lowest BCUT2D eigenvalue weighted by molar-refractivity contribution is -0.102. The van der Waals surface area contributed by atoms with Crippen molar-refractivity contribution in [2.45, 2.75) is 51.0 Å². The second-order valence-electron chi connectivity index (χ2n) is 5.45. The van der Waals surface area contributed by atoms with Crippen LogP contribution >= 0.6 is 0 Å². The minimum atomic E-state index is -0.519. The van der Waals surface area contributed by atoms with Crippen LogP contribution in [0.25, 0.3) is 0 Å². The number of amides is 1. The average molecular weight is 229 g/mol. The first kappa shape index (κ1) is 11.7. The molecule has 92 valence electrons. The van der Waals surface area contributed by atoms with Gasteiger partial charge in [-0.2, -0.15) is 0 Å². The van der Waals surface area contributed by atoms with Crippen molar-refractivity contribution in [2.75, 3.05) is 6.61 Å². The largest absolute Gasteiger partial charge is 0.444 e. The number of hydrogen-bond acceptors (Lipinski definition) is 4. The van der Waals surface area contributed by atoms with Crippen molar-refractivity contribution in [2.24, 2.45) is 5.92 Å². The van der Waals surface area contributed by atoms with Gasteiger partial charge in [0.05, 0.1) is 18.2 Å². The average Bonchev–Trinajstić information content (AvgIpc) is 2.55. The van der Waals surface area contributed by atoms with Crippen molar-refractivity contribution < 1.29 is 19.4 Å². The van der Waals surface area contributed by atoms with Gasteiger partial charge in [-0.15, -0.1) is 0 Å². The molecule has 1 amide bonds. The summed E-state index contributed by atoms with van der Waals surface area (Å²) in [6.45, 7) is 6.08. The van der Waals surface area contributed by atoms with Crippen LogP contribution in [0.3, 0.4) is 0 Å². The molecule has 5 heteroatoms. The fourth-order valence-corrected chi connectivity index (χ4v) is 2.29. The summed E-state index contributed by atoms with van der Waals surface area (Å²) < 4.78 is 10.6. The van der Waals surface area contributed by atoms with Crippen LogP contribution in [0.2, 0.25) is 0 Å². The molecule has 1 heterocycles. The number of alkyl carbamates (subject to hydrolysis) is 1. The highest BCUT2D eigenvalue weighted by Crippen LogP contribution is 2.38. The van der Waals surface area contributed by atoms with Crippen LogP contribution < -0.4 is 5.32 Å². The highest BCUT2D eigenvalue weighted by Gasteiger charge is 2.54. The number of hydrogen-bond donors (Lipinski definition) is 2. The van der Waals surface area contributed by atoms with Crippen molar-refractivity contribution >= 4 is 6.09 Å². The van der Waals surface area contributed by atoms with Crippen LogP contribution in [0.15, 0.2) is 0 Å². The first-order valence-electron chi connectivity index (χ1n) is 5.68. The van der Waals surface area contributed by atoms with E-state index in [4.69, 9.17) is 9.47 Å². The van der Waals surface area contributed by atoms with E-state index in [-0.39, 0.29) is 18.1 Å². The lowest BCUT2D eigenvalue weighted by Gasteiger charge is -2.44. The predicted octanol–water partition coefficient (Wildman–Crippen LogP) is 0.659. The summed E-state index contributed by atoms with van der Waals surface area (Å²) in [5, 5.41) is 12.4. The highest BCUT2D eigenvalue weighted by molar-refractivity contribution is 5.68. The van der Waals surface area contributed by atoms with Crippen LogP contribution in [0.4, 0.5) is 4.79 Å². The molecule has 2 rings (SSSR count). The Morgan fingerprint density at radius 3 is 2.81 bits per heavy atom. The van der Waals surface area contributed by atoms with Gasteiger partial charge in [0, 0.05) is 12.5 Å². The fourth-order valence-electron chi connectivity index (χ4n) is 2.29. The number of aliphatic hydroxyl groups is 1. The van der Waals surface area contributed by atoms with Crippen molar-refractivity contribution in [3.63, 3.8) is 0 Å². The van der Waals surface area contributed by atoms with E-state index in [0.717, 1.165) is 6.42 Å². The zero-order valence-electron chi connectivity index (χ0n) is 9.90. The second-order valence-corrected chi connectivity index (χ2v) is 5.45. The Morgan fingerprint density at radius 2 is 2.19 bits per heavy atom. The second kappa shape index (κ2) is 3.89. The molecule has 1 saturated heterocycles. The quantitative estimate of drug-likeness (QED) is 0.693. The number of ether oxygens (including phenoxy) is 2. The summed E-state index contributed by atoms with van der Waals surface area (Å²) in [4.78, 5) is 11.5. The van der Waals surface area contributed by atoms with Crippen molar-refractivity contribution in [1.29, 1.82) is 0 Å². The molecule has 2 fully saturated rings. The maximum atomic E-state index is 11.5. The number of fused-ring (bicyclic) bond motifs is 1. The smallest absolute Gasteiger partial charge is 0.408 e. The molecule has 4 atom stereocenters. The van der Waals surface area contributed by atoms with E-state index in [1.54, 1.807) is 20.8 Å². The first-order valence-corrected chi connectivity index (χ1v) is 5.68. The summed E-state index contributed by atoms with van der Waals surface area (Å²) in [6, 6.07) is -0.317. The SMILES string of the molecule is CC(C)(C)OC(=O)NC1C(O)[C@@H]2CCO[C@H]12. The van der Waals surface area contributed by atoms with Crippen LogP contribution in [-0.4, -0.2) is 41.7 Å². The molecule has 0 spiro atoms. The van der Waals surface area contributed by atoms with Gasteiger partial charge in [0.2, 0.25) is 0 Å². The van der Waals surface area contributed by atoms with E-state index >= 15 is 0 Å². The Hall–Kier alpha value is -0.810. The van der Waals surface area contributed by atoms with Gasteiger partial charge in [0.1, 0.15) is 5.60 Å². The molecule has 0 aromatic carbocycles. The van der Waals surface area contributed by atoms with E-state index in [9.17, 15) is 9.90 Å². The third kappa shape index (κ3) is 2.15. The molecule has 2 aliphatic rings. The van der Waals surface area contributed by atoms with Crippen LogP contribution in [0.1, 0.15) is 27.2 Å². The van der Waals surface area contributed by atoms with E-state index in [0.29, 0.717) is 6.61 Å². The number of aliphatic hydroxyl groups excluding tert-OH is 1. The Bertz CT molecular complexity index is 286. The Balaban J connectivity index is 1.84. The zero-order chi connectivity index (χ0) is 11.9. The Labute approximate surface area is 95.1 Å². The first-order chi connectivity index (χ1) is 7.38. The summed E-state index contributed by atoms with van der Waals surface area (Å²) in [5.41, 5.74) is -0.519. The molecule has 5 nitrogen and oxygen atoms in total. The molecule has 2 N–H and O–H groups in total. The van der Waals surface area contributed by atoms with E-state index in [1.807, 2.05) is 0 Å². The van der Waals surface area contributed by atoms with Gasteiger partial charge in [-0.25, -0.2) is 4.79 Å². The summed E-state index contributed by atoms with van der Waals surface area (Å²) >= 11 is 0. The molecular formula is C11H19NO4. The zero-order valence-corrected chi connectivity index (χ0v) is 9.90. The predicted molar refractivity (Wildman–Crippen MR) is 57.0 cm³/mol. The van der Waals surface area contributed by atoms with Crippen molar-refractivity contribution in [3.8, 4) is 0 Å². The minimum absolute atomic E-state index is 0.0393. The number of rotatable bonds is 1. The fraction of sp³-hybridized carbons (Fsp3) is 0.909. The number of carbonyl (C=O) groups is 1. The summed E-state index contributed by atoms with van der Waals surface area (Å²) in [7, 11) is 0. The molecule has 16 heavy (non-hydrogen) atoms. The van der Waals surface area contributed by atoms with E-state index in [1.165, 1.54) is 0 Å². The maximum absolute atomic E-state index is 11.5. The molecule has 0 bridgehead atoms. The number of carbonyl (C=O) groups excluding carboxylic acids is 1. The van der Waals surface area contributed by atoms with Crippen molar-refractivity contribution in [1.82, 2.24) is 5.32 Å². The van der Waals surface area contributed by atoms with Crippen molar-refractivity contribution in [3.05, 3.63) is 0 Å².